The summed E-state index contributed by atoms with van der Waals surface area (Å²) in [6.07, 6.45) is 4.14. The minimum Gasteiger partial charge on any atom is -0.398 e. The Morgan fingerprint density at radius 2 is 2.11 bits per heavy atom. The number of pyridine rings is 1. The van der Waals surface area contributed by atoms with E-state index in [1.807, 2.05) is 24.3 Å². The molecule has 0 aliphatic heterocycles. The van der Waals surface area contributed by atoms with Crippen molar-refractivity contribution in [3.05, 3.63) is 36.0 Å². The summed E-state index contributed by atoms with van der Waals surface area (Å²) < 4.78 is 0. The molecular weight excluding hydrogens is 224 g/mol. The number of benzene rings is 1. The zero-order chi connectivity index (χ0) is 12.5. The molecule has 0 saturated heterocycles. The molecule has 3 rings (SSSR count). The lowest BCUT2D eigenvalue weighted by molar-refractivity contribution is 0.0973. The Bertz CT molecular complexity index is 602. The summed E-state index contributed by atoms with van der Waals surface area (Å²) in [6, 6.07) is 9.36. The molecule has 1 heterocycles. The van der Waals surface area contributed by atoms with Crippen LogP contribution in [0, 0.1) is 5.92 Å². The maximum Gasteiger partial charge on any atom is 0.181 e. The maximum atomic E-state index is 12.1. The second-order valence-corrected chi connectivity index (χ2v) is 5.02. The molecule has 1 aliphatic carbocycles. The van der Waals surface area contributed by atoms with Gasteiger partial charge in [-0.1, -0.05) is 31.0 Å². The van der Waals surface area contributed by atoms with Gasteiger partial charge >= 0.3 is 0 Å². The molecule has 92 valence electrons. The first-order chi connectivity index (χ1) is 8.74. The lowest BCUT2D eigenvalue weighted by atomic mass is 10.1. The van der Waals surface area contributed by atoms with Crippen molar-refractivity contribution >= 4 is 22.4 Å². The Morgan fingerprint density at radius 1 is 1.33 bits per heavy atom. The third-order valence-electron chi connectivity index (χ3n) is 3.51. The predicted molar refractivity (Wildman–Crippen MR) is 72.4 cm³/mol. The molecule has 1 aliphatic rings. The second kappa shape index (κ2) is 4.41. The van der Waals surface area contributed by atoms with Crippen molar-refractivity contribution in [1.82, 2.24) is 4.98 Å². The molecule has 0 unspecified atom stereocenters. The minimum atomic E-state index is 0.111. The van der Waals surface area contributed by atoms with Gasteiger partial charge in [0, 0.05) is 17.5 Å². The quantitative estimate of drug-likeness (QED) is 0.835. The average molecular weight is 240 g/mol. The first-order valence-corrected chi connectivity index (χ1v) is 6.42. The fraction of sp³-hybridized carbons (Fsp3) is 0.333. The normalized spacial score (nSPS) is 14.9. The molecular formula is C15H16N2O. The highest BCUT2D eigenvalue weighted by atomic mass is 16.1. The standard InChI is InChI=1S/C15H16N2O/c16-12-9-14(15(18)8-7-10-5-6-10)17-13-4-2-1-3-11(12)13/h1-4,9-10H,5-8H2,(H2,16,17). The number of nitrogens with zero attached hydrogens (tertiary/aromatic N) is 1. The van der Waals surface area contributed by atoms with E-state index in [9.17, 15) is 4.79 Å². The van der Waals surface area contributed by atoms with Crippen molar-refractivity contribution < 1.29 is 4.79 Å². The van der Waals surface area contributed by atoms with E-state index in [2.05, 4.69) is 4.98 Å². The van der Waals surface area contributed by atoms with Gasteiger partial charge in [-0.3, -0.25) is 4.79 Å². The van der Waals surface area contributed by atoms with Crippen LogP contribution in [0.3, 0.4) is 0 Å². The highest BCUT2D eigenvalue weighted by molar-refractivity contribution is 6.00. The lowest BCUT2D eigenvalue weighted by Crippen LogP contribution is -2.04. The minimum absolute atomic E-state index is 0.111. The number of aromatic nitrogens is 1. The topological polar surface area (TPSA) is 56.0 Å². The van der Waals surface area contributed by atoms with Gasteiger partial charge in [0.2, 0.25) is 0 Å². The van der Waals surface area contributed by atoms with Crippen LogP contribution in [0.5, 0.6) is 0 Å². The SMILES string of the molecule is Nc1cc(C(=O)CCC2CC2)nc2ccccc12. The summed E-state index contributed by atoms with van der Waals surface area (Å²) in [5, 5.41) is 0.913. The number of anilines is 1. The highest BCUT2D eigenvalue weighted by Gasteiger charge is 2.22. The van der Waals surface area contributed by atoms with Crippen LogP contribution in [0.25, 0.3) is 10.9 Å². The van der Waals surface area contributed by atoms with Crippen molar-refractivity contribution in [2.75, 3.05) is 5.73 Å². The smallest absolute Gasteiger partial charge is 0.181 e. The zero-order valence-electron chi connectivity index (χ0n) is 10.2. The number of para-hydroxylation sites is 1. The van der Waals surface area contributed by atoms with Gasteiger partial charge in [0.15, 0.2) is 5.78 Å². The van der Waals surface area contributed by atoms with Crippen LogP contribution < -0.4 is 5.73 Å². The molecule has 2 N–H and O–H groups in total. The van der Waals surface area contributed by atoms with Gasteiger partial charge < -0.3 is 5.73 Å². The second-order valence-electron chi connectivity index (χ2n) is 5.02. The number of Topliss-reactive ketones (excluding diaryl/α,β-unsaturated/α-hetero) is 1. The van der Waals surface area contributed by atoms with Gasteiger partial charge in [-0.25, -0.2) is 4.98 Å². The summed E-state index contributed by atoms with van der Waals surface area (Å²) in [4.78, 5) is 16.5. The molecule has 0 spiro atoms. The summed E-state index contributed by atoms with van der Waals surface area (Å²) in [6.45, 7) is 0. The Kier molecular flexibility index (Phi) is 2.74. The van der Waals surface area contributed by atoms with Gasteiger partial charge in [-0.15, -0.1) is 0 Å². The van der Waals surface area contributed by atoms with Crippen LogP contribution in [-0.4, -0.2) is 10.8 Å². The Morgan fingerprint density at radius 3 is 2.89 bits per heavy atom. The van der Waals surface area contributed by atoms with E-state index in [0.717, 1.165) is 23.2 Å². The van der Waals surface area contributed by atoms with E-state index in [-0.39, 0.29) is 5.78 Å². The Balaban J connectivity index is 1.88. The van der Waals surface area contributed by atoms with Crippen molar-refractivity contribution in [2.45, 2.75) is 25.7 Å². The maximum absolute atomic E-state index is 12.1. The predicted octanol–water partition coefficient (Wildman–Crippen LogP) is 3.19. The summed E-state index contributed by atoms with van der Waals surface area (Å²) in [5.41, 5.74) is 7.91. The van der Waals surface area contributed by atoms with E-state index < -0.39 is 0 Å². The number of fused-ring (bicyclic) bond motifs is 1. The molecule has 1 saturated carbocycles. The molecule has 2 aromatic rings. The first-order valence-electron chi connectivity index (χ1n) is 6.42. The lowest BCUT2D eigenvalue weighted by Gasteiger charge is -2.05. The number of carbonyl (C=O) groups is 1. The molecule has 3 nitrogen and oxygen atoms in total. The van der Waals surface area contributed by atoms with E-state index in [1.54, 1.807) is 6.07 Å². The number of nitrogen functional groups attached to an aromatic ring is 1. The Hall–Kier alpha value is -1.90. The van der Waals surface area contributed by atoms with Crippen LogP contribution in [0.4, 0.5) is 5.69 Å². The van der Waals surface area contributed by atoms with E-state index in [0.29, 0.717) is 17.8 Å². The number of hydrogen-bond donors (Lipinski definition) is 1. The molecule has 3 heteroatoms. The largest absolute Gasteiger partial charge is 0.398 e. The van der Waals surface area contributed by atoms with Crippen molar-refractivity contribution in [1.29, 1.82) is 0 Å². The molecule has 0 amide bonds. The number of carbonyl (C=O) groups excluding carboxylic acids is 1. The summed E-state index contributed by atoms with van der Waals surface area (Å²) in [7, 11) is 0. The van der Waals surface area contributed by atoms with Crippen molar-refractivity contribution in [3.63, 3.8) is 0 Å². The third kappa shape index (κ3) is 2.21. The fourth-order valence-corrected chi connectivity index (χ4v) is 2.21. The first kappa shape index (κ1) is 11.2. The van der Waals surface area contributed by atoms with E-state index >= 15 is 0 Å². The van der Waals surface area contributed by atoms with Crippen LogP contribution in [-0.2, 0) is 0 Å². The fourth-order valence-electron chi connectivity index (χ4n) is 2.21. The summed E-state index contributed by atoms with van der Waals surface area (Å²) in [5.74, 6) is 0.881. The Labute approximate surface area is 106 Å². The van der Waals surface area contributed by atoms with Crippen molar-refractivity contribution in [2.24, 2.45) is 5.92 Å². The molecule has 0 atom stereocenters. The number of nitrogens with two attached hydrogens (primary N) is 1. The highest BCUT2D eigenvalue weighted by Crippen LogP contribution is 2.34. The number of rotatable bonds is 4. The molecule has 18 heavy (non-hydrogen) atoms. The summed E-state index contributed by atoms with van der Waals surface area (Å²) >= 11 is 0. The van der Waals surface area contributed by atoms with Crippen LogP contribution >= 0.6 is 0 Å². The number of ketones is 1. The van der Waals surface area contributed by atoms with Gasteiger partial charge in [0.05, 0.1) is 5.52 Å². The van der Waals surface area contributed by atoms with Gasteiger partial charge in [-0.05, 0) is 24.5 Å². The van der Waals surface area contributed by atoms with Gasteiger partial charge in [-0.2, -0.15) is 0 Å². The van der Waals surface area contributed by atoms with Crippen molar-refractivity contribution in [3.8, 4) is 0 Å². The van der Waals surface area contributed by atoms with E-state index in [1.165, 1.54) is 12.8 Å². The van der Waals surface area contributed by atoms with Crippen LogP contribution in [0.1, 0.15) is 36.2 Å². The van der Waals surface area contributed by atoms with Gasteiger partial charge in [0.25, 0.3) is 0 Å². The van der Waals surface area contributed by atoms with Gasteiger partial charge in [0.1, 0.15) is 5.69 Å². The van der Waals surface area contributed by atoms with E-state index in [4.69, 9.17) is 5.73 Å². The molecule has 0 radical (unpaired) electrons. The van der Waals surface area contributed by atoms with Crippen LogP contribution in [0.2, 0.25) is 0 Å². The monoisotopic (exact) mass is 240 g/mol. The molecule has 0 bridgehead atoms. The zero-order valence-corrected chi connectivity index (χ0v) is 10.2. The molecule has 1 aromatic carbocycles. The molecule has 1 aromatic heterocycles. The molecule has 1 fully saturated rings. The average Bonchev–Trinajstić information content (AvgIpc) is 3.20. The number of hydrogen-bond acceptors (Lipinski definition) is 3. The van der Waals surface area contributed by atoms with Crippen LogP contribution in [0.15, 0.2) is 30.3 Å². The third-order valence-corrected chi connectivity index (χ3v) is 3.51.